The van der Waals surface area contributed by atoms with Crippen molar-refractivity contribution in [2.75, 3.05) is 39.5 Å². The molecule has 0 bridgehead atoms. The Kier molecular flexibility index (Phi) is 21.1. The first kappa shape index (κ1) is 48.9. The lowest BCUT2D eigenvalue weighted by Crippen LogP contribution is -2.50. The highest BCUT2D eigenvalue weighted by molar-refractivity contribution is 5.98. The van der Waals surface area contributed by atoms with Crippen LogP contribution in [-0.2, 0) is 46.3 Å². The minimum atomic E-state index is -0.897. The third kappa shape index (κ3) is 18.1. The molecule has 2 aliphatic rings. The Morgan fingerprint density at radius 1 is 0.683 bits per heavy atom. The molecule has 0 spiro atoms. The summed E-state index contributed by atoms with van der Waals surface area (Å²) < 4.78 is 10.9. The van der Waals surface area contributed by atoms with E-state index in [2.05, 4.69) is 15.5 Å². The van der Waals surface area contributed by atoms with Crippen LogP contribution >= 0.6 is 0 Å². The normalized spacial score (nSPS) is 18.7. The number of epoxide rings is 1. The van der Waals surface area contributed by atoms with Crippen molar-refractivity contribution in [3.05, 3.63) is 71.8 Å². The number of benzene rings is 2. The van der Waals surface area contributed by atoms with Gasteiger partial charge in [0.2, 0.25) is 11.8 Å². The van der Waals surface area contributed by atoms with Gasteiger partial charge in [0.1, 0.15) is 11.4 Å². The van der Waals surface area contributed by atoms with Crippen molar-refractivity contribution in [3.63, 3.8) is 0 Å². The summed E-state index contributed by atoms with van der Waals surface area (Å²) >= 11 is 0. The molecule has 2 aromatic carbocycles. The SMILES string of the molecule is CC(C)C[C@H](NC(=O)C(CCc1ccccc1)CC(=O)CCCCCCCCCN1CCOCC1)C(=O)C[C@@H](Cc1ccccc1)C(=O)N[C@@H](CC(C)C)C(=O)[C@@]1(C)CO1. The molecule has 332 valence electrons. The van der Waals surface area contributed by atoms with Gasteiger partial charge in [-0.2, -0.15) is 0 Å². The molecule has 2 aromatic rings. The molecule has 2 saturated heterocycles. The van der Waals surface area contributed by atoms with Crippen molar-refractivity contribution >= 4 is 29.2 Å². The van der Waals surface area contributed by atoms with Crippen LogP contribution in [0.2, 0.25) is 0 Å². The number of ether oxygens (including phenoxy) is 2. The Morgan fingerprint density at radius 3 is 1.82 bits per heavy atom. The van der Waals surface area contributed by atoms with Crippen LogP contribution in [0.1, 0.15) is 129 Å². The number of hydrogen-bond acceptors (Lipinski definition) is 8. The molecule has 10 nitrogen and oxygen atoms in total. The van der Waals surface area contributed by atoms with Crippen molar-refractivity contribution in [1.82, 2.24) is 15.5 Å². The summed E-state index contributed by atoms with van der Waals surface area (Å²) in [4.78, 5) is 71.9. The van der Waals surface area contributed by atoms with Gasteiger partial charge in [0.15, 0.2) is 11.6 Å². The van der Waals surface area contributed by atoms with Crippen molar-refractivity contribution in [3.8, 4) is 0 Å². The van der Waals surface area contributed by atoms with Crippen molar-refractivity contribution in [2.45, 2.75) is 149 Å². The summed E-state index contributed by atoms with van der Waals surface area (Å²) in [5.74, 6) is -2.06. The molecule has 0 saturated carbocycles. The predicted octanol–water partition coefficient (Wildman–Crippen LogP) is 7.89. The van der Waals surface area contributed by atoms with Crippen molar-refractivity contribution in [1.29, 1.82) is 0 Å². The summed E-state index contributed by atoms with van der Waals surface area (Å²) in [6.07, 6.45) is 10.5. The Bertz CT molecular complexity index is 1600. The van der Waals surface area contributed by atoms with Gasteiger partial charge in [-0.1, -0.05) is 120 Å². The van der Waals surface area contributed by atoms with Gasteiger partial charge < -0.3 is 20.1 Å². The highest BCUT2D eigenvalue weighted by atomic mass is 16.6. The van der Waals surface area contributed by atoms with Crippen LogP contribution in [-0.4, -0.2) is 91.2 Å². The van der Waals surface area contributed by atoms with Gasteiger partial charge in [-0.05, 0) is 81.4 Å². The van der Waals surface area contributed by atoms with Gasteiger partial charge in [-0.3, -0.25) is 28.9 Å². The van der Waals surface area contributed by atoms with E-state index >= 15 is 0 Å². The molecular formula is C50H75N3O7. The van der Waals surface area contributed by atoms with E-state index in [-0.39, 0.29) is 53.8 Å². The number of carbonyl (C=O) groups is 5. The van der Waals surface area contributed by atoms with E-state index in [1.54, 1.807) is 6.92 Å². The van der Waals surface area contributed by atoms with Gasteiger partial charge in [0, 0.05) is 44.2 Å². The summed E-state index contributed by atoms with van der Waals surface area (Å²) in [7, 11) is 0. The summed E-state index contributed by atoms with van der Waals surface area (Å²) in [6, 6.07) is 18.0. The standard InChI is InChI=1S/C50H75N3O7/c1-37(2)31-44(46(55)35-42(33-40-21-15-12-16-22-40)49(58)52-45(32-38(3)4)47(56)50(5)36-60-50)51-48(57)41(25-24-39-19-13-11-14-20-39)34-43(54)23-17-9-7-6-8-10-18-26-53-27-29-59-30-28-53/h11-16,19-22,37-38,41-42,44-45H,6-10,17-18,23-36H2,1-5H3,(H,51,57)(H,52,58)/t41?,42-,44+,45+,50-/m1/s1. The highest BCUT2D eigenvalue weighted by Crippen LogP contribution is 2.30. The summed E-state index contributed by atoms with van der Waals surface area (Å²) in [5, 5.41) is 6.09. The second-order valence-corrected chi connectivity index (χ2v) is 18.5. The second kappa shape index (κ2) is 25.9. The average Bonchev–Trinajstić information content (AvgIpc) is 3.99. The summed E-state index contributed by atoms with van der Waals surface area (Å²) in [6.45, 7) is 15.0. The molecule has 10 heteroatoms. The lowest BCUT2D eigenvalue weighted by molar-refractivity contribution is -0.135. The van der Waals surface area contributed by atoms with Crippen molar-refractivity contribution < 1.29 is 33.4 Å². The summed E-state index contributed by atoms with van der Waals surface area (Å²) in [5.41, 5.74) is 1.10. The van der Waals surface area contributed by atoms with E-state index in [9.17, 15) is 24.0 Å². The maximum atomic E-state index is 14.3. The van der Waals surface area contributed by atoms with Gasteiger partial charge >= 0.3 is 0 Å². The number of nitrogens with one attached hydrogen (secondary N) is 2. The molecule has 2 amide bonds. The molecule has 0 aliphatic carbocycles. The molecule has 2 N–H and O–H groups in total. The topological polar surface area (TPSA) is 134 Å². The minimum absolute atomic E-state index is 0.0796. The van der Waals surface area contributed by atoms with Crippen LogP contribution in [0.15, 0.2) is 60.7 Å². The number of ketones is 3. The van der Waals surface area contributed by atoms with Crippen LogP contribution in [0.4, 0.5) is 0 Å². The largest absolute Gasteiger partial charge is 0.379 e. The number of Topliss-reactive ketones (excluding diaryl/α,β-unsaturated/α-hetero) is 3. The predicted molar refractivity (Wildman–Crippen MR) is 237 cm³/mol. The molecular weight excluding hydrogens is 755 g/mol. The third-order valence-electron chi connectivity index (χ3n) is 12.0. The van der Waals surface area contributed by atoms with Crippen molar-refractivity contribution in [2.24, 2.45) is 23.7 Å². The second-order valence-electron chi connectivity index (χ2n) is 18.5. The molecule has 1 unspecified atom stereocenters. The number of morpholine rings is 1. The number of rotatable bonds is 30. The lowest BCUT2D eigenvalue weighted by Gasteiger charge is -2.27. The van der Waals surface area contributed by atoms with E-state index in [0.717, 1.165) is 63.2 Å². The first-order valence-electron chi connectivity index (χ1n) is 23.0. The fraction of sp³-hybridized carbons (Fsp3) is 0.660. The number of unbranched alkanes of at least 4 members (excludes halogenated alkanes) is 6. The third-order valence-corrected chi connectivity index (χ3v) is 12.0. The van der Waals surface area contributed by atoms with Crippen LogP contribution in [0.5, 0.6) is 0 Å². The number of amides is 2. The van der Waals surface area contributed by atoms with Gasteiger partial charge in [-0.15, -0.1) is 0 Å². The molecule has 0 radical (unpaired) electrons. The van der Waals surface area contributed by atoms with Crippen LogP contribution in [0.25, 0.3) is 0 Å². The lowest BCUT2D eigenvalue weighted by atomic mass is 9.87. The number of carbonyl (C=O) groups excluding carboxylic acids is 5. The molecule has 2 heterocycles. The molecule has 2 aliphatic heterocycles. The minimum Gasteiger partial charge on any atom is -0.379 e. The number of aryl methyl sites for hydroxylation is 1. The zero-order valence-electron chi connectivity index (χ0n) is 37.4. The van der Waals surface area contributed by atoms with Crippen LogP contribution in [0, 0.1) is 23.7 Å². The quantitative estimate of drug-likeness (QED) is 0.0600. The van der Waals surface area contributed by atoms with E-state index < -0.39 is 29.5 Å². The molecule has 2 fully saturated rings. The molecule has 60 heavy (non-hydrogen) atoms. The molecule has 4 rings (SSSR count). The number of nitrogens with zero attached hydrogens (tertiary/aromatic N) is 1. The maximum absolute atomic E-state index is 14.3. The van der Waals surface area contributed by atoms with E-state index in [1.807, 2.05) is 88.4 Å². The van der Waals surface area contributed by atoms with E-state index in [4.69, 9.17) is 9.47 Å². The fourth-order valence-corrected chi connectivity index (χ4v) is 8.24. The zero-order valence-corrected chi connectivity index (χ0v) is 37.4. The Hall–Kier alpha value is -3.73. The molecule has 0 aromatic heterocycles. The first-order valence-corrected chi connectivity index (χ1v) is 23.0. The number of hydrogen-bond donors (Lipinski definition) is 2. The Balaban J connectivity index is 1.37. The monoisotopic (exact) mass is 830 g/mol. The van der Waals surface area contributed by atoms with Gasteiger partial charge in [0.25, 0.3) is 0 Å². The fourth-order valence-electron chi connectivity index (χ4n) is 8.24. The van der Waals surface area contributed by atoms with Crippen LogP contribution < -0.4 is 10.6 Å². The smallest absolute Gasteiger partial charge is 0.224 e. The zero-order chi connectivity index (χ0) is 43.3. The maximum Gasteiger partial charge on any atom is 0.224 e. The van der Waals surface area contributed by atoms with E-state index in [0.29, 0.717) is 45.1 Å². The van der Waals surface area contributed by atoms with Gasteiger partial charge in [0.05, 0.1) is 31.9 Å². The highest BCUT2D eigenvalue weighted by Gasteiger charge is 2.50. The van der Waals surface area contributed by atoms with Crippen LogP contribution in [0.3, 0.4) is 0 Å². The Labute approximate surface area is 360 Å². The van der Waals surface area contributed by atoms with Gasteiger partial charge in [-0.25, -0.2) is 0 Å². The Morgan fingerprint density at radius 2 is 1.22 bits per heavy atom. The first-order chi connectivity index (χ1) is 28.8. The average molecular weight is 830 g/mol. The molecule has 5 atom stereocenters. The van der Waals surface area contributed by atoms with E-state index in [1.165, 1.54) is 25.7 Å².